The molecule has 0 heterocycles. The fourth-order valence-electron chi connectivity index (χ4n) is 0.708. The van der Waals surface area contributed by atoms with Crippen molar-refractivity contribution >= 4 is 11.8 Å². The molecule has 0 aliphatic heterocycles. The predicted molar refractivity (Wildman–Crippen MR) is 55.2 cm³/mol. The Morgan fingerprint density at radius 3 is 2.58 bits per heavy atom. The quantitative estimate of drug-likeness (QED) is 0.712. The number of nitrogens with zero attached hydrogens (tertiary/aromatic N) is 1. The third-order valence-electron chi connectivity index (χ3n) is 1.77. The van der Waals surface area contributed by atoms with Crippen molar-refractivity contribution < 1.29 is 0 Å². The van der Waals surface area contributed by atoms with Crippen LogP contribution in [0.15, 0.2) is 0 Å². The Kier molecular flexibility index (Phi) is 5.36. The van der Waals surface area contributed by atoms with Gasteiger partial charge in [0.05, 0.1) is 12.0 Å². The van der Waals surface area contributed by atoms with Gasteiger partial charge in [0.1, 0.15) is 0 Å². The van der Waals surface area contributed by atoms with Crippen LogP contribution in [-0.4, -0.2) is 24.1 Å². The average molecular weight is 186 g/mol. The first kappa shape index (κ1) is 11.8. The molecule has 0 aliphatic carbocycles. The van der Waals surface area contributed by atoms with Gasteiger partial charge < -0.3 is 5.32 Å². The molecule has 0 saturated carbocycles. The van der Waals surface area contributed by atoms with Crippen LogP contribution >= 0.6 is 11.8 Å². The summed E-state index contributed by atoms with van der Waals surface area (Å²) in [4.78, 5) is 0. The fourth-order valence-corrected chi connectivity index (χ4v) is 0.954. The van der Waals surface area contributed by atoms with Crippen molar-refractivity contribution in [3.05, 3.63) is 0 Å². The molecule has 0 spiro atoms. The minimum atomic E-state index is 0.114. The molecule has 1 unspecified atom stereocenters. The van der Waals surface area contributed by atoms with Gasteiger partial charge in [0.25, 0.3) is 0 Å². The third kappa shape index (κ3) is 5.45. The summed E-state index contributed by atoms with van der Waals surface area (Å²) in [5.41, 5.74) is 0. The lowest BCUT2D eigenvalue weighted by Crippen LogP contribution is -2.34. The van der Waals surface area contributed by atoms with Crippen molar-refractivity contribution in [1.82, 2.24) is 5.32 Å². The molecule has 0 fully saturated rings. The Balaban J connectivity index is 3.51. The normalized spacial score (nSPS) is 13.9. The molecule has 12 heavy (non-hydrogen) atoms. The van der Waals surface area contributed by atoms with Crippen LogP contribution in [0.2, 0.25) is 0 Å². The zero-order chi connectivity index (χ0) is 9.61. The first-order chi connectivity index (χ1) is 5.52. The SMILES string of the molecule is CSC(C)(C)CNCC(C)C#N. The zero-order valence-corrected chi connectivity index (χ0v) is 9.16. The molecule has 0 amide bonds. The first-order valence-corrected chi connectivity index (χ1v) is 5.40. The molecule has 0 aromatic rings. The smallest absolute Gasteiger partial charge is 0.0666 e. The highest BCUT2D eigenvalue weighted by Gasteiger charge is 2.14. The third-order valence-corrected chi connectivity index (χ3v) is 3.02. The van der Waals surface area contributed by atoms with E-state index in [0.29, 0.717) is 0 Å². The van der Waals surface area contributed by atoms with E-state index in [4.69, 9.17) is 5.26 Å². The molecule has 0 radical (unpaired) electrons. The molecule has 0 saturated heterocycles. The van der Waals surface area contributed by atoms with Gasteiger partial charge in [-0.3, -0.25) is 0 Å². The van der Waals surface area contributed by atoms with Gasteiger partial charge in [-0.2, -0.15) is 17.0 Å². The number of rotatable bonds is 5. The number of hydrogen-bond acceptors (Lipinski definition) is 3. The van der Waals surface area contributed by atoms with Crippen molar-refractivity contribution in [2.24, 2.45) is 5.92 Å². The maximum absolute atomic E-state index is 8.53. The van der Waals surface area contributed by atoms with Crippen LogP contribution in [0.1, 0.15) is 20.8 Å². The molecule has 0 bridgehead atoms. The zero-order valence-electron chi connectivity index (χ0n) is 8.35. The first-order valence-electron chi connectivity index (χ1n) is 4.17. The topological polar surface area (TPSA) is 35.8 Å². The van der Waals surface area contributed by atoms with E-state index < -0.39 is 0 Å². The van der Waals surface area contributed by atoms with Crippen molar-refractivity contribution in [3.63, 3.8) is 0 Å². The van der Waals surface area contributed by atoms with Gasteiger partial charge in [0.2, 0.25) is 0 Å². The monoisotopic (exact) mass is 186 g/mol. The van der Waals surface area contributed by atoms with E-state index in [1.165, 1.54) is 0 Å². The number of hydrogen-bond donors (Lipinski definition) is 1. The average Bonchev–Trinajstić information content (AvgIpc) is 2.04. The molecular formula is C9H18N2S. The Labute approximate surface area is 79.7 Å². The van der Waals surface area contributed by atoms with E-state index in [-0.39, 0.29) is 10.7 Å². The van der Waals surface area contributed by atoms with Gasteiger partial charge in [-0.05, 0) is 27.0 Å². The maximum atomic E-state index is 8.53. The van der Waals surface area contributed by atoms with Gasteiger partial charge >= 0.3 is 0 Å². The summed E-state index contributed by atoms with van der Waals surface area (Å²) < 4.78 is 0.273. The van der Waals surface area contributed by atoms with Crippen LogP contribution < -0.4 is 5.32 Å². The maximum Gasteiger partial charge on any atom is 0.0666 e. The number of nitrogens with one attached hydrogen (secondary N) is 1. The molecule has 0 rings (SSSR count). The predicted octanol–water partition coefficient (Wildman–Crippen LogP) is 1.88. The van der Waals surface area contributed by atoms with Crippen LogP contribution in [-0.2, 0) is 0 Å². The largest absolute Gasteiger partial charge is 0.314 e. The van der Waals surface area contributed by atoms with Crippen molar-refractivity contribution in [2.75, 3.05) is 19.3 Å². The Bertz CT molecular complexity index is 160. The van der Waals surface area contributed by atoms with E-state index in [1.807, 2.05) is 18.7 Å². The number of thioether (sulfide) groups is 1. The summed E-state index contributed by atoms with van der Waals surface area (Å²) in [5.74, 6) is 0.114. The summed E-state index contributed by atoms with van der Waals surface area (Å²) in [7, 11) is 0. The van der Waals surface area contributed by atoms with E-state index >= 15 is 0 Å². The molecular weight excluding hydrogens is 168 g/mol. The van der Waals surface area contributed by atoms with Crippen molar-refractivity contribution in [2.45, 2.75) is 25.5 Å². The van der Waals surface area contributed by atoms with Crippen LogP contribution in [0.5, 0.6) is 0 Å². The lowest BCUT2D eigenvalue weighted by atomic mass is 10.2. The van der Waals surface area contributed by atoms with Gasteiger partial charge in [0.15, 0.2) is 0 Å². The van der Waals surface area contributed by atoms with Crippen LogP contribution in [0.3, 0.4) is 0 Å². The van der Waals surface area contributed by atoms with Crippen LogP contribution in [0.4, 0.5) is 0 Å². The van der Waals surface area contributed by atoms with Gasteiger partial charge in [-0.25, -0.2) is 0 Å². The van der Waals surface area contributed by atoms with E-state index in [1.54, 1.807) is 0 Å². The second-order valence-electron chi connectivity index (χ2n) is 3.62. The second kappa shape index (κ2) is 5.45. The molecule has 0 aromatic heterocycles. The number of nitriles is 1. The molecule has 0 aliphatic rings. The fraction of sp³-hybridized carbons (Fsp3) is 0.889. The summed E-state index contributed by atoms with van der Waals surface area (Å²) in [6.07, 6.45) is 2.11. The molecule has 1 N–H and O–H groups in total. The van der Waals surface area contributed by atoms with Gasteiger partial charge in [-0.15, -0.1) is 0 Å². The van der Waals surface area contributed by atoms with E-state index in [2.05, 4.69) is 31.5 Å². The Hall–Kier alpha value is -0.200. The van der Waals surface area contributed by atoms with E-state index in [9.17, 15) is 0 Å². The molecule has 1 atom stereocenters. The second-order valence-corrected chi connectivity index (χ2v) is 5.14. The minimum Gasteiger partial charge on any atom is -0.314 e. The van der Waals surface area contributed by atoms with Gasteiger partial charge in [0, 0.05) is 17.8 Å². The highest BCUT2D eigenvalue weighted by Crippen LogP contribution is 2.19. The highest BCUT2D eigenvalue weighted by atomic mass is 32.2. The molecule has 70 valence electrons. The summed E-state index contributed by atoms with van der Waals surface area (Å²) in [6.45, 7) is 8.07. The standard InChI is InChI=1S/C9H18N2S/c1-8(5-10)6-11-7-9(2,3)12-4/h8,11H,6-7H2,1-4H3. The lowest BCUT2D eigenvalue weighted by Gasteiger charge is -2.22. The highest BCUT2D eigenvalue weighted by molar-refractivity contribution is 7.99. The van der Waals surface area contributed by atoms with Crippen molar-refractivity contribution in [3.8, 4) is 6.07 Å². The summed E-state index contributed by atoms with van der Waals surface area (Å²) in [5, 5.41) is 11.8. The summed E-state index contributed by atoms with van der Waals surface area (Å²) in [6, 6.07) is 2.20. The Morgan fingerprint density at radius 2 is 2.17 bits per heavy atom. The molecule has 3 heteroatoms. The van der Waals surface area contributed by atoms with Crippen molar-refractivity contribution in [1.29, 1.82) is 5.26 Å². The van der Waals surface area contributed by atoms with Crippen LogP contribution in [0, 0.1) is 17.2 Å². The summed E-state index contributed by atoms with van der Waals surface area (Å²) >= 11 is 1.84. The molecule has 2 nitrogen and oxygen atoms in total. The van der Waals surface area contributed by atoms with Crippen LogP contribution in [0.25, 0.3) is 0 Å². The van der Waals surface area contributed by atoms with Gasteiger partial charge in [-0.1, -0.05) is 0 Å². The van der Waals surface area contributed by atoms with E-state index in [0.717, 1.165) is 13.1 Å². The molecule has 0 aromatic carbocycles. The Morgan fingerprint density at radius 1 is 1.58 bits per heavy atom. The minimum absolute atomic E-state index is 0.114. The lowest BCUT2D eigenvalue weighted by molar-refractivity contribution is 0.549.